The number of carbonyl (C=O) groups is 1. The molecule has 2 N–H and O–H groups in total. The minimum Gasteiger partial charge on any atom is -0.352 e. The van der Waals surface area contributed by atoms with Gasteiger partial charge in [-0.3, -0.25) is 14.3 Å². The van der Waals surface area contributed by atoms with Gasteiger partial charge in [0, 0.05) is 42.1 Å². The molecule has 1 amide bonds. The Morgan fingerprint density at radius 2 is 1.83 bits per heavy atom. The van der Waals surface area contributed by atoms with Gasteiger partial charge in [0.25, 0.3) is 5.56 Å². The molecule has 11 heteroatoms. The number of aryl methyl sites for hydroxylation is 4. The first-order chi connectivity index (χ1) is 16.5. The highest BCUT2D eigenvalue weighted by Gasteiger charge is 2.34. The van der Waals surface area contributed by atoms with Crippen LogP contribution in [0.15, 0.2) is 41.3 Å². The SMILES string of the molecule is CNCc1ccc(Cl)cc1CNC(=O)Cc1c(C)ccn(CCn2nc(C(F)(F)F)cc2C)c1=O. The molecule has 0 spiro atoms. The van der Waals surface area contributed by atoms with E-state index in [1.54, 1.807) is 31.3 Å². The third kappa shape index (κ3) is 6.73. The standard InChI is InChI=1S/C24H27ClF3N5O2/c1-15-6-7-32(8-9-33-16(2)10-21(31-33)24(26,27)28)23(35)20(15)12-22(34)30-14-18-11-19(25)5-4-17(18)13-29-3/h4-7,10-11,29H,8-9,12-14H2,1-3H3,(H,30,34). The molecule has 35 heavy (non-hydrogen) atoms. The van der Waals surface area contributed by atoms with Gasteiger partial charge in [-0.15, -0.1) is 0 Å². The van der Waals surface area contributed by atoms with Gasteiger partial charge in [0.2, 0.25) is 5.91 Å². The van der Waals surface area contributed by atoms with Crippen LogP contribution in [0.3, 0.4) is 0 Å². The Kier molecular flexibility index (Phi) is 8.39. The van der Waals surface area contributed by atoms with Crippen molar-refractivity contribution >= 4 is 17.5 Å². The molecule has 0 aliphatic heterocycles. The molecule has 7 nitrogen and oxygen atoms in total. The summed E-state index contributed by atoms with van der Waals surface area (Å²) < 4.78 is 41.3. The molecule has 0 aliphatic rings. The number of nitrogens with zero attached hydrogens (tertiary/aromatic N) is 3. The lowest BCUT2D eigenvalue weighted by Crippen LogP contribution is -2.32. The second kappa shape index (κ2) is 11.1. The summed E-state index contributed by atoms with van der Waals surface area (Å²) in [5.74, 6) is -0.323. The Morgan fingerprint density at radius 3 is 2.49 bits per heavy atom. The van der Waals surface area contributed by atoms with Gasteiger partial charge in [0.1, 0.15) is 0 Å². The number of carbonyl (C=O) groups excluding carboxylic acids is 1. The first-order valence-electron chi connectivity index (χ1n) is 11.0. The predicted molar refractivity (Wildman–Crippen MR) is 127 cm³/mol. The predicted octanol–water partition coefficient (Wildman–Crippen LogP) is 3.61. The van der Waals surface area contributed by atoms with Crippen molar-refractivity contribution in [2.24, 2.45) is 0 Å². The normalized spacial score (nSPS) is 11.6. The van der Waals surface area contributed by atoms with E-state index < -0.39 is 11.9 Å². The first-order valence-corrected chi connectivity index (χ1v) is 11.4. The van der Waals surface area contributed by atoms with E-state index in [4.69, 9.17) is 11.6 Å². The molecule has 3 rings (SSSR count). The second-order valence-corrected chi connectivity index (χ2v) is 8.70. The van der Waals surface area contributed by atoms with Gasteiger partial charge in [-0.2, -0.15) is 18.3 Å². The fourth-order valence-electron chi connectivity index (χ4n) is 3.72. The van der Waals surface area contributed by atoms with Crippen LogP contribution >= 0.6 is 11.6 Å². The van der Waals surface area contributed by atoms with Crippen LogP contribution in [0.25, 0.3) is 0 Å². The van der Waals surface area contributed by atoms with Crippen molar-refractivity contribution in [3.8, 4) is 0 Å². The fourth-order valence-corrected chi connectivity index (χ4v) is 3.91. The largest absolute Gasteiger partial charge is 0.435 e. The van der Waals surface area contributed by atoms with Crippen LogP contribution in [0.1, 0.15) is 33.6 Å². The molecule has 0 aliphatic carbocycles. The van der Waals surface area contributed by atoms with Crippen LogP contribution in [-0.2, 0) is 43.6 Å². The molecule has 188 valence electrons. The molecule has 0 atom stereocenters. The van der Waals surface area contributed by atoms with E-state index in [2.05, 4.69) is 15.7 Å². The van der Waals surface area contributed by atoms with Crippen LogP contribution in [0.2, 0.25) is 5.02 Å². The molecule has 0 saturated carbocycles. The first kappa shape index (κ1) is 26.5. The Morgan fingerprint density at radius 1 is 1.09 bits per heavy atom. The molecule has 0 fully saturated rings. The number of aromatic nitrogens is 3. The topological polar surface area (TPSA) is 80.9 Å². The molecule has 2 aromatic heterocycles. The van der Waals surface area contributed by atoms with Crippen molar-refractivity contribution < 1.29 is 18.0 Å². The van der Waals surface area contributed by atoms with Crippen molar-refractivity contribution in [1.29, 1.82) is 0 Å². The highest BCUT2D eigenvalue weighted by molar-refractivity contribution is 6.30. The molecular formula is C24H27ClF3N5O2. The maximum Gasteiger partial charge on any atom is 0.435 e. The minimum atomic E-state index is -4.53. The number of alkyl halides is 3. The average Bonchev–Trinajstić information content (AvgIpc) is 3.17. The zero-order chi connectivity index (χ0) is 25.8. The highest BCUT2D eigenvalue weighted by Crippen LogP contribution is 2.28. The van der Waals surface area contributed by atoms with E-state index >= 15 is 0 Å². The number of pyridine rings is 1. The van der Waals surface area contributed by atoms with Crippen molar-refractivity contribution in [3.63, 3.8) is 0 Å². The summed E-state index contributed by atoms with van der Waals surface area (Å²) in [5.41, 5.74) is 1.87. The lowest BCUT2D eigenvalue weighted by atomic mass is 10.1. The van der Waals surface area contributed by atoms with Crippen LogP contribution in [0, 0.1) is 13.8 Å². The minimum absolute atomic E-state index is 0.0829. The maximum absolute atomic E-state index is 13.0. The Balaban J connectivity index is 1.69. The quantitative estimate of drug-likeness (QED) is 0.462. The fraction of sp³-hybridized carbons (Fsp3) is 0.375. The summed E-state index contributed by atoms with van der Waals surface area (Å²) in [4.78, 5) is 25.6. The van der Waals surface area contributed by atoms with Crippen LogP contribution in [0.4, 0.5) is 13.2 Å². The Labute approximate surface area is 205 Å². The summed E-state index contributed by atoms with van der Waals surface area (Å²) in [6.07, 6.45) is -3.08. The van der Waals surface area contributed by atoms with Gasteiger partial charge in [-0.25, -0.2) is 0 Å². The van der Waals surface area contributed by atoms with E-state index in [1.807, 2.05) is 13.1 Å². The third-order valence-electron chi connectivity index (χ3n) is 5.67. The van der Waals surface area contributed by atoms with E-state index in [1.165, 1.54) is 16.2 Å². The number of benzene rings is 1. The van der Waals surface area contributed by atoms with Crippen molar-refractivity contribution in [2.75, 3.05) is 7.05 Å². The number of hydrogen-bond acceptors (Lipinski definition) is 4. The Bertz CT molecular complexity index is 1270. The molecule has 0 saturated heterocycles. The summed E-state index contributed by atoms with van der Waals surface area (Å²) in [5, 5.41) is 10.1. The number of nitrogens with one attached hydrogen (secondary N) is 2. The number of hydrogen-bond donors (Lipinski definition) is 2. The number of amides is 1. The monoisotopic (exact) mass is 509 g/mol. The van der Waals surface area contributed by atoms with Gasteiger partial charge in [0.15, 0.2) is 5.69 Å². The third-order valence-corrected chi connectivity index (χ3v) is 5.91. The maximum atomic E-state index is 13.0. The zero-order valence-corrected chi connectivity index (χ0v) is 20.4. The molecule has 1 aromatic carbocycles. The molecule has 3 aromatic rings. The number of rotatable bonds is 9. The summed E-state index contributed by atoms with van der Waals surface area (Å²) in [6.45, 7) is 4.34. The molecule has 2 heterocycles. The van der Waals surface area contributed by atoms with Crippen molar-refractivity contribution in [3.05, 3.63) is 85.5 Å². The molecule has 0 bridgehead atoms. The highest BCUT2D eigenvalue weighted by atomic mass is 35.5. The average molecular weight is 510 g/mol. The van der Waals surface area contributed by atoms with Gasteiger partial charge in [-0.1, -0.05) is 17.7 Å². The van der Waals surface area contributed by atoms with Crippen molar-refractivity contribution in [2.45, 2.75) is 52.6 Å². The van der Waals surface area contributed by atoms with Gasteiger partial charge < -0.3 is 15.2 Å². The zero-order valence-electron chi connectivity index (χ0n) is 19.7. The lowest BCUT2D eigenvalue weighted by molar-refractivity contribution is -0.141. The van der Waals surface area contributed by atoms with Gasteiger partial charge in [-0.05, 0) is 61.9 Å². The van der Waals surface area contributed by atoms with E-state index in [0.717, 1.165) is 17.2 Å². The molecular weight excluding hydrogens is 483 g/mol. The van der Waals surface area contributed by atoms with Gasteiger partial charge >= 0.3 is 6.18 Å². The number of halogens is 4. The Hall–Kier alpha value is -3.11. The second-order valence-electron chi connectivity index (χ2n) is 8.26. The van der Waals surface area contributed by atoms with E-state index in [9.17, 15) is 22.8 Å². The van der Waals surface area contributed by atoms with Gasteiger partial charge in [0.05, 0.1) is 13.0 Å². The summed E-state index contributed by atoms with van der Waals surface area (Å²) in [7, 11) is 1.82. The van der Waals surface area contributed by atoms with Crippen LogP contribution in [0.5, 0.6) is 0 Å². The van der Waals surface area contributed by atoms with Crippen molar-refractivity contribution in [1.82, 2.24) is 25.0 Å². The smallest absolute Gasteiger partial charge is 0.352 e. The lowest BCUT2D eigenvalue weighted by Gasteiger charge is -2.13. The van der Waals surface area contributed by atoms with Crippen LogP contribution < -0.4 is 16.2 Å². The summed E-state index contributed by atoms with van der Waals surface area (Å²) >= 11 is 6.09. The van der Waals surface area contributed by atoms with Crippen LogP contribution in [-0.4, -0.2) is 27.3 Å². The summed E-state index contributed by atoms with van der Waals surface area (Å²) in [6, 6.07) is 8.14. The molecule has 0 unspecified atom stereocenters. The van der Waals surface area contributed by atoms with E-state index in [-0.39, 0.29) is 37.5 Å². The molecule has 0 radical (unpaired) electrons. The van der Waals surface area contributed by atoms with E-state index in [0.29, 0.717) is 28.4 Å².